The molecular weight excluding hydrogens is 186 g/mol. The molecule has 0 fully saturated rings. The molecular formula is C13H21NO. The maximum atomic E-state index is 8.29. The van der Waals surface area contributed by atoms with Crippen LogP contribution >= 0.6 is 0 Å². The summed E-state index contributed by atoms with van der Waals surface area (Å²) >= 11 is 0. The number of ether oxygens (including phenoxy) is 1. The average molecular weight is 207 g/mol. The van der Waals surface area contributed by atoms with Gasteiger partial charge < -0.3 is 4.74 Å². The molecule has 0 unspecified atom stereocenters. The standard InChI is InChI=1S/C13H21NO/c1-12(2)6-4-7-13(3)8-11-15-10-5-9-14/h6,8H,4-5,7,10-11H2,1-3H3/b13-8+. The van der Waals surface area contributed by atoms with Crippen LogP contribution in [0.2, 0.25) is 0 Å². The van der Waals surface area contributed by atoms with Crippen molar-refractivity contribution in [3.63, 3.8) is 0 Å². The van der Waals surface area contributed by atoms with Crippen LogP contribution in [0.4, 0.5) is 0 Å². The Morgan fingerprint density at radius 1 is 1.27 bits per heavy atom. The molecule has 0 aliphatic carbocycles. The molecule has 0 saturated carbocycles. The number of nitriles is 1. The highest BCUT2D eigenvalue weighted by Crippen LogP contribution is 2.06. The van der Waals surface area contributed by atoms with Gasteiger partial charge in [0.05, 0.1) is 25.7 Å². The van der Waals surface area contributed by atoms with Crippen molar-refractivity contribution in [3.05, 3.63) is 23.3 Å². The van der Waals surface area contributed by atoms with Crippen molar-refractivity contribution in [2.75, 3.05) is 13.2 Å². The molecule has 84 valence electrons. The first-order valence-corrected chi connectivity index (χ1v) is 5.40. The average Bonchev–Trinajstić information content (AvgIpc) is 2.17. The fourth-order valence-electron chi connectivity index (χ4n) is 1.09. The smallest absolute Gasteiger partial charge is 0.0650 e. The van der Waals surface area contributed by atoms with Gasteiger partial charge in [0.15, 0.2) is 0 Å². The summed E-state index contributed by atoms with van der Waals surface area (Å²) in [5.74, 6) is 0. The van der Waals surface area contributed by atoms with E-state index in [1.807, 2.05) is 6.07 Å². The molecule has 0 amide bonds. The van der Waals surface area contributed by atoms with E-state index in [1.165, 1.54) is 11.1 Å². The molecule has 0 aromatic heterocycles. The van der Waals surface area contributed by atoms with Crippen LogP contribution in [0.3, 0.4) is 0 Å². The monoisotopic (exact) mass is 207 g/mol. The zero-order valence-corrected chi connectivity index (χ0v) is 10.0. The van der Waals surface area contributed by atoms with Crippen molar-refractivity contribution < 1.29 is 4.74 Å². The van der Waals surface area contributed by atoms with E-state index in [9.17, 15) is 0 Å². The highest BCUT2D eigenvalue weighted by atomic mass is 16.5. The Morgan fingerprint density at radius 3 is 2.60 bits per heavy atom. The van der Waals surface area contributed by atoms with Crippen LogP contribution in [0.25, 0.3) is 0 Å². The van der Waals surface area contributed by atoms with E-state index >= 15 is 0 Å². The topological polar surface area (TPSA) is 33.0 Å². The SMILES string of the molecule is CC(C)=CCC/C(C)=C/COCCC#N. The first-order chi connectivity index (χ1) is 7.16. The van der Waals surface area contributed by atoms with Crippen molar-refractivity contribution in [1.82, 2.24) is 0 Å². The van der Waals surface area contributed by atoms with Gasteiger partial charge in [-0.1, -0.05) is 23.3 Å². The molecule has 0 bridgehead atoms. The summed E-state index contributed by atoms with van der Waals surface area (Å²) in [4.78, 5) is 0. The Morgan fingerprint density at radius 2 is 2.00 bits per heavy atom. The lowest BCUT2D eigenvalue weighted by atomic mass is 10.1. The number of hydrogen-bond acceptors (Lipinski definition) is 2. The Hall–Kier alpha value is -1.07. The van der Waals surface area contributed by atoms with Gasteiger partial charge >= 0.3 is 0 Å². The van der Waals surface area contributed by atoms with Gasteiger partial charge in [-0.3, -0.25) is 0 Å². The molecule has 0 spiro atoms. The quantitative estimate of drug-likeness (QED) is 0.472. The molecule has 0 aromatic carbocycles. The third kappa shape index (κ3) is 10.9. The fraction of sp³-hybridized carbons (Fsp3) is 0.615. The summed E-state index contributed by atoms with van der Waals surface area (Å²) in [6.45, 7) is 7.51. The lowest BCUT2D eigenvalue weighted by molar-refractivity contribution is 0.168. The first kappa shape index (κ1) is 13.9. The molecule has 0 atom stereocenters. The molecule has 0 aliphatic heterocycles. The highest BCUT2D eigenvalue weighted by Gasteiger charge is 1.89. The molecule has 2 heteroatoms. The van der Waals surface area contributed by atoms with Gasteiger partial charge in [0.1, 0.15) is 0 Å². The minimum atomic E-state index is 0.477. The molecule has 0 heterocycles. The highest BCUT2D eigenvalue weighted by molar-refractivity contribution is 5.02. The minimum Gasteiger partial charge on any atom is -0.376 e. The largest absolute Gasteiger partial charge is 0.376 e. The van der Waals surface area contributed by atoms with E-state index in [-0.39, 0.29) is 0 Å². The summed E-state index contributed by atoms with van der Waals surface area (Å²) in [5, 5.41) is 8.29. The van der Waals surface area contributed by atoms with Gasteiger partial charge in [0.2, 0.25) is 0 Å². The number of allylic oxidation sites excluding steroid dienone is 3. The maximum absolute atomic E-state index is 8.29. The Bertz CT molecular complexity index is 254. The molecule has 0 N–H and O–H groups in total. The van der Waals surface area contributed by atoms with Crippen LogP contribution in [-0.4, -0.2) is 13.2 Å². The Kier molecular flexibility index (Phi) is 8.81. The predicted molar refractivity (Wildman–Crippen MR) is 63.5 cm³/mol. The van der Waals surface area contributed by atoms with Crippen LogP contribution in [0, 0.1) is 11.3 Å². The van der Waals surface area contributed by atoms with E-state index in [4.69, 9.17) is 10.00 Å². The van der Waals surface area contributed by atoms with Crippen LogP contribution in [0.15, 0.2) is 23.3 Å². The lowest BCUT2D eigenvalue weighted by Crippen LogP contribution is -1.93. The van der Waals surface area contributed by atoms with Crippen molar-refractivity contribution in [3.8, 4) is 6.07 Å². The van der Waals surface area contributed by atoms with Gasteiger partial charge in [0, 0.05) is 0 Å². The zero-order chi connectivity index (χ0) is 11.5. The summed E-state index contributed by atoms with van der Waals surface area (Å²) in [7, 11) is 0. The summed E-state index contributed by atoms with van der Waals surface area (Å²) in [6, 6.07) is 2.05. The number of nitrogens with zero attached hydrogens (tertiary/aromatic N) is 1. The normalized spacial score (nSPS) is 10.9. The van der Waals surface area contributed by atoms with Crippen molar-refractivity contribution in [2.45, 2.75) is 40.0 Å². The van der Waals surface area contributed by atoms with Crippen molar-refractivity contribution >= 4 is 0 Å². The Labute approximate surface area is 93.2 Å². The van der Waals surface area contributed by atoms with Gasteiger partial charge in [-0.15, -0.1) is 0 Å². The van der Waals surface area contributed by atoms with E-state index in [1.54, 1.807) is 0 Å². The fourth-order valence-corrected chi connectivity index (χ4v) is 1.09. The van der Waals surface area contributed by atoms with Gasteiger partial charge in [-0.2, -0.15) is 5.26 Å². The van der Waals surface area contributed by atoms with E-state index in [0.717, 1.165) is 12.8 Å². The van der Waals surface area contributed by atoms with E-state index in [2.05, 4.69) is 32.9 Å². The van der Waals surface area contributed by atoms with Crippen LogP contribution < -0.4 is 0 Å². The third-order valence-electron chi connectivity index (χ3n) is 2.00. The lowest BCUT2D eigenvalue weighted by Gasteiger charge is -2.00. The van der Waals surface area contributed by atoms with Gasteiger partial charge in [-0.05, 0) is 33.6 Å². The number of rotatable bonds is 7. The molecule has 15 heavy (non-hydrogen) atoms. The molecule has 0 aromatic rings. The van der Waals surface area contributed by atoms with Gasteiger partial charge in [-0.25, -0.2) is 0 Å². The second-order valence-electron chi connectivity index (χ2n) is 3.85. The number of hydrogen-bond donors (Lipinski definition) is 0. The summed E-state index contributed by atoms with van der Waals surface area (Å²) in [5.41, 5.74) is 2.72. The maximum Gasteiger partial charge on any atom is 0.0650 e. The van der Waals surface area contributed by atoms with E-state index in [0.29, 0.717) is 19.6 Å². The van der Waals surface area contributed by atoms with Crippen LogP contribution in [0.1, 0.15) is 40.0 Å². The van der Waals surface area contributed by atoms with Crippen LogP contribution in [0.5, 0.6) is 0 Å². The van der Waals surface area contributed by atoms with E-state index < -0.39 is 0 Å². The molecule has 0 rings (SSSR count). The first-order valence-electron chi connectivity index (χ1n) is 5.40. The Balaban J connectivity index is 3.53. The molecule has 2 nitrogen and oxygen atoms in total. The third-order valence-corrected chi connectivity index (χ3v) is 2.00. The second-order valence-corrected chi connectivity index (χ2v) is 3.85. The summed E-state index contributed by atoms with van der Waals surface area (Å²) in [6.07, 6.45) is 7.00. The molecule has 0 saturated heterocycles. The zero-order valence-electron chi connectivity index (χ0n) is 10.0. The predicted octanol–water partition coefficient (Wildman–Crippen LogP) is 3.61. The van der Waals surface area contributed by atoms with Gasteiger partial charge in [0.25, 0.3) is 0 Å². The van der Waals surface area contributed by atoms with Crippen LogP contribution in [-0.2, 0) is 4.74 Å². The molecule has 0 radical (unpaired) electrons. The van der Waals surface area contributed by atoms with Crippen molar-refractivity contribution in [1.29, 1.82) is 5.26 Å². The van der Waals surface area contributed by atoms with Crippen molar-refractivity contribution in [2.24, 2.45) is 0 Å². The molecule has 0 aliphatic rings. The second kappa shape index (κ2) is 9.48. The summed E-state index contributed by atoms with van der Waals surface area (Å²) < 4.78 is 5.26. The minimum absolute atomic E-state index is 0.477.